The molecule has 0 saturated carbocycles. The fourth-order valence-electron chi connectivity index (χ4n) is 3.53. The second-order valence-corrected chi connectivity index (χ2v) is 14.2. The van der Waals surface area contributed by atoms with Gasteiger partial charge < -0.3 is 0 Å². The summed E-state index contributed by atoms with van der Waals surface area (Å²) in [5.41, 5.74) is 6.49. The van der Waals surface area contributed by atoms with Crippen LogP contribution in [0.5, 0.6) is 0 Å². The van der Waals surface area contributed by atoms with Crippen LogP contribution in [-0.4, -0.2) is 9.97 Å². The minimum absolute atomic E-state index is 0. The summed E-state index contributed by atoms with van der Waals surface area (Å²) in [6.07, 6.45) is 7.39. The van der Waals surface area contributed by atoms with E-state index in [-0.39, 0.29) is 40.5 Å². The first-order valence-corrected chi connectivity index (χ1v) is 18.3. The maximum absolute atomic E-state index is 4.05. The van der Waals surface area contributed by atoms with Gasteiger partial charge in [-0.2, -0.15) is 0 Å². The van der Waals surface area contributed by atoms with Crippen molar-refractivity contribution in [2.45, 2.75) is 190 Å². The minimum atomic E-state index is 0. The van der Waals surface area contributed by atoms with Crippen LogP contribution in [0.1, 0.15) is 190 Å². The van der Waals surface area contributed by atoms with E-state index in [1.165, 1.54) is 22.3 Å². The molecule has 0 unspecified atom stereocenters. The minimum Gasteiger partial charge on any atom is -0.265 e. The molecular weight excluding hydrogens is 629 g/mol. The molecule has 0 saturated heterocycles. The van der Waals surface area contributed by atoms with Gasteiger partial charge in [-0.15, -0.1) is 0 Å². The van der Waals surface area contributed by atoms with Gasteiger partial charge >= 0.3 is 0 Å². The molecule has 0 atom stereocenters. The second-order valence-electron chi connectivity index (χ2n) is 14.2. The molecule has 2 nitrogen and oxygen atoms in total. The van der Waals surface area contributed by atoms with Crippen LogP contribution in [0.4, 0.5) is 0 Å². The molecule has 52 heavy (non-hydrogen) atoms. The first-order valence-electron chi connectivity index (χ1n) is 18.3. The molecule has 4 aromatic rings. The molecule has 2 heteroatoms. The summed E-state index contributed by atoms with van der Waals surface area (Å²) in [6.45, 7) is 42.5. The Bertz CT molecular complexity index is 974. The highest BCUT2D eigenvalue weighted by atomic mass is 14.6. The average Bonchev–Trinajstić information content (AvgIpc) is 3.09. The molecule has 0 fully saturated rings. The van der Waals surface area contributed by atoms with Crippen LogP contribution < -0.4 is 0 Å². The van der Waals surface area contributed by atoms with Gasteiger partial charge in [-0.05, 0) is 62.1 Å². The monoisotopic (exact) mass is 723 g/mol. The van der Waals surface area contributed by atoms with Crippen LogP contribution in [-0.2, 0) is 21.7 Å². The Balaban J connectivity index is -0.0000000757. The molecule has 0 bridgehead atoms. The SMILES string of the molecule is C.C.C.C.CC.CC.CC.CC.CC(C)(C)c1ccccc1.CC(C)(C)c1ccccc1.CC(C)(C)c1cccnc1.CC(C)(C)c1ccncc1. The van der Waals surface area contributed by atoms with E-state index in [1.54, 1.807) is 6.20 Å². The number of benzene rings is 2. The van der Waals surface area contributed by atoms with Crippen LogP contribution in [0.2, 0.25) is 0 Å². The highest BCUT2D eigenvalue weighted by molar-refractivity contribution is 5.23. The van der Waals surface area contributed by atoms with Crippen LogP contribution in [0.25, 0.3) is 0 Å². The molecule has 2 aromatic carbocycles. The van der Waals surface area contributed by atoms with Crippen molar-refractivity contribution in [3.05, 3.63) is 132 Å². The molecule has 0 aliphatic heterocycles. The highest BCUT2D eigenvalue weighted by Gasteiger charge is 2.13. The van der Waals surface area contributed by atoms with E-state index in [1.807, 2.05) is 80.0 Å². The van der Waals surface area contributed by atoms with Gasteiger partial charge in [0.25, 0.3) is 0 Å². The van der Waals surface area contributed by atoms with Crippen LogP contribution in [0, 0.1) is 0 Å². The van der Waals surface area contributed by atoms with Crippen molar-refractivity contribution in [1.29, 1.82) is 0 Å². The quantitative estimate of drug-likeness (QED) is 0.181. The Labute approximate surface area is 330 Å². The summed E-state index contributed by atoms with van der Waals surface area (Å²) in [5, 5.41) is 0. The molecule has 304 valence electrons. The lowest BCUT2D eigenvalue weighted by atomic mass is 9.87. The molecule has 0 aliphatic carbocycles. The number of hydrogen-bond acceptors (Lipinski definition) is 2. The number of rotatable bonds is 0. The molecule has 0 N–H and O–H groups in total. The van der Waals surface area contributed by atoms with Gasteiger partial charge in [0.2, 0.25) is 0 Å². The Morgan fingerprint density at radius 3 is 0.712 bits per heavy atom. The van der Waals surface area contributed by atoms with Gasteiger partial charge in [0, 0.05) is 24.8 Å². The Kier molecular flexibility index (Phi) is 48.3. The van der Waals surface area contributed by atoms with Gasteiger partial charge in [-0.3, -0.25) is 9.97 Å². The Morgan fingerprint density at radius 2 is 0.538 bits per heavy atom. The van der Waals surface area contributed by atoms with Crippen molar-refractivity contribution in [1.82, 2.24) is 9.97 Å². The van der Waals surface area contributed by atoms with Crippen molar-refractivity contribution in [3.8, 4) is 0 Å². The summed E-state index contributed by atoms with van der Waals surface area (Å²) < 4.78 is 0. The van der Waals surface area contributed by atoms with E-state index in [0.717, 1.165) is 0 Å². The summed E-state index contributed by atoms with van der Waals surface area (Å²) >= 11 is 0. The van der Waals surface area contributed by atoms with E-state index in [9.17, 15) is 0 Å². The Hall–Kier alpha value is -3.26. The summed E-state index contributed by atoms with van der Waals surface area (Å²) in [4.78, 5) is 8.01. The topological polar surface area (TPSA) is 25.8 Å². The van der Waals surface area contributed by atoms with Gasteiger partial charge in [0.05, 0.1) is 0 Å². The van der Waals surface area contributed by atoms with E-state index in [2.05, 4.69) is 172 Å². The smallest absolute Gasteiger partial charge is 0.0305 e. The molecule has 4 rings (SSSR count). The van der Waals surface area contributed by atoms with Crippen molar-refractivity contribution in [3.63, 3.8) is 0 Å². The predicted octanol–water partition coefficient (Wildman–Crippen LogP) is 17.4. The molecule has 2 heterocycles. The largest absolute Gasteiger partial charge is 0.265 e. The van der Waals surface area contributed by atoms with Gasteiger partial charge in [0.15, 0.2) is 0 Å². The lowest BCUT2D eigenvalue weighted by Gasteiger charge is -2.18. The lowest BCUT2D eigenvalue weighted by molar-refractivity contribution is 0.587. The van der Waals surface area contributed by atoms with Crippen LogP contribution in [0.15, 0.2) is 110 Å². The second kappa shape index (κ2) is 37.5. The fourth-order valence-corrected chi connectivity index (χ4v) is 3.53. The fraction of sp³-hybridized carbons (Fsp3) is 0.560. The third-order valence-electron chi connectivity index (χ3n) is 6.35. The normalized spacial score (nSPS) is 9.31. The first-order chi connectivity index (χ1) is 22.4. The van der Waals surface area contributed by atoms with Crippen molar-refractivity contribution < 1.29 is 0 Å². The van der Waals surface area contributed by atoms with E-state index in [4.69, 9.17) is 0 Å². The van der Waals surface area contributed by atoms with E-state index in [0.29, 0.717) is 10.8 Å². The maximum atomic E-state index is 4.05. The molecule has 0 spiro atoms. The highest BCUT2D eigenvalue weighted by Crippen LogP contribution is 2.22. The van der Waals surface area contributed by atoms with Crippen molar-refractivity contribution >= 4 is 0 Å². The van der Waals surface area contributed by atoms with Gasteiger partial charge in [-0.1, -0.05) is 235 Å². The average molecular weight is 723 g/mol. The zero-order chi connectivity index (χ0) is 38.5. The standard InChI is InChI=1S/2C10H14.2C9H13N.4C2H6.4CH4/c2*1-10(2,3)9-7-5-4-6-8-9;1-9(2,3)8-4-6-10-7-5-8;1-9(2,3)8-5-4-6-10-7-8;4*1-2;;;;/h2*4-8H,1-3H3;2*4-7H,1-3H3;4*1-2H3;4*1H4. The number of pyridine rings is 2. The van der Waals surface area contributed by atoms with Crippen LogP contribution >= 0.6 is 0 Å². The summed E-state index contributed by atoms with van der Waals surface area (Å²) in [6, 6.07) is 29.3. The number of nitrogens with zero attached hydrogens (tertiary/aromatic N) is 2. The number of hydrogen-bond donors (Lipinski definition) is 0. The third-order valence-corrected chi connectivity index (χ3v) is 6.35. The summed E-state index contributed by atoms with van der Waals surface area (Å²) in [5.74, 6) is 0. The molecule has 0 aliphatic rings. The molecule has 0 radical (unpaired) electrons. The van der Waals surface area contributed by atoms with E-state index >= 15 is 0 Å². The number of aromatic nitrogens is 2. The first kappa shape index (κ1) is 66.9. The van der Waals surface area contributed by atoms with Crippen molar-refractivity contribution in [2.24, 2.45) is 0 Å². The molecule has 0 amide bonds. The predicted molar refractivity (Wildman–Crippen MR) is 248 cm³/mol. The van der Waals surface area contributed by atoms with Crippen LogP contribution in [0.3, 0.4) is 0 Å². The zero-order valence-corrected chi connectivity index (χ0v) is 35.3. The third kappa shape index (κ3) is 35.2. The Morgan fingerprint density at radius 1 is 0.288 bits per heavy atom. The molecular formula is C50H94N2. The zero-order valence-electron chi connectivity index (χ0n) is 35.3. The van der Waals surface area contributed by atoms with Gasteiger partial charge in [-0.25, -0.2) is 0 Å². The van der Waals surface area contributed by atoms with E-state index < -0.39 is 0 Å². The lowest BCUT2D eigenvalue weighted by Crippen LogP contribution is -2.10. The maximum Gasteiger partial charge on any atom is 0.0305 e. The van der Waals surface area contributed by atoms with Crippen molar-refractivity contribution in [2.75, 3.05) is 0 Å². The summed E-state index contributed by atoms with van der Waals surface area (Å²) in [7, 11) is 0. The molecule has 2 aromatic heterocycles. The van der Waals surface area contributed by atoms with Gasteiger partial charge in [0.1, 0.15) is 0 Å².